The van der Waals surface area contributed by atoms with Gasteiger partial charge in [0.25, 0.3) is 0 Å². The molecule has 0 aromatic heterocycles. The largest absolute Gasteiger partial charge is 0.516 e. The lowest BCUT2D eigenvalue weighted by molar-refractivity contribution is -0.127. The van der Waals surface area contributed by atoms with Crippen LogP contribution >= 0.6 is 0 Å². The average molecular weight is 436 g/mol. The number of likely N-dealkylation sites (tertiary alicyclic amines) is 1. The van der Waals surface area contributed by atoms with E-state index in [1.807, 2.05) is 0 Å². The third kappa shape index (κ3) is 4.31. The number of carbonyl (C=O) groups is 1. The summed E-state index contributed by atoms with van der Waals surface area (Å²) in [6, 6.07) is 4.84. The first-order valence-corrected chi connectivity index (χ1v) is 10.3. The number of sulfone groups is 1. The Morgan fingerprint density at radius 1 is 1.15 bits per heavy atom. The average Bonchev–Trinajstić information content (AvgIpc) is 2.89. The van der Waals surface area contributed by atoms with Gasteiger partial charge in [-0.05, 0) is 18.1 Å². The summed E-state index contributed by atoms with van der Waals surface area (Å²) >= 11 is 0. The zero-order valence-corrected chi connectivity index (χ0v) is 14.9. The molecule has 1 unspecified atom stereocenters. The maximum Gasteiger partial charge on any atom is 0.516 e. The predicted molar refractivity (Wildman–Crippen MR) is 83.8 cm³/mol. The minimum atomic E-state index is -5.71. The summed E-state index contributed by atoms with van der Waals surface area (Å²) in [6.07, 6.45) is -0.401. The van der Waals surface area contributed by atoms with Gasteiger partial charge in [-0.25, -0.2) is 8.42 Å². The van der Waals surface area contributed by atoms with Crippen molar-refractivity contribution in [3.8, 4) is 0 Å². The molecule has 1 aliphatic rings. The van der Waals surface area contributed by atoms with Crippen LogP contribution in [0.1, 0.15) is 12.0 Å². The van der Waals surface area contributed by atoms with E-state index in [0.29, 0.717) is 0 Å². The monoisotopic (exact) mass is 436 g/mol. The van der Waals surface area contributed by atoms with E-state index in [0.717, 1.165) is 11.0 Å². The molecule has 0 saturated carbocycles. The van der Waals surface area contributed by atoms with Crippen LogP contribution in [0.5, 0.6) is 0 Å². The van der Waals surface area contributed by atoms with Gasteiger partial charge in [0.2, 0.25) is 15.7 Å². The van der Waals surface area contributed by atoms with Crippen molar-refractivity contribution < 1.29 is 43.6 Å². The molecule has 1 saturated heterocycles. The Labute approximate surface area is 151 Å². The number of amides is 1. The number of halogens is 5. The lowest BCUT2D eigenvalue weighted by atomic mass is 10.2. The second-order valence-corrected chi connectivity index (χ2v) is 9.37. The number of hydrogen-bond donors (Lipinski definition) is 1. The standard InChI is InChI=1S/C13H13F5N2O5S2/c14-12(15)26(22,23)10-5-6-20(11(10)21)7-8-3-1-2-4-9(8)19-27(24,25)13(16,17)18/h1-4,10,12,19H,5-7H2. The molecule has 0 aliphatic carbocycles. The minimum absolute atomic E-state index is 0.0613. The number of nitrogens with one attached hydrogen (secondary N) is 1. The second-order valence-electron chi connectivity index (χ2n) is 5.60. The Morgan fingerprint density at radius 3 is 2.30 bits per heavy atom. The van der Waals surface area contributed by atoms with Crippen molar-refractivity contribution in [3.63, 3.8) is 0 Å². The first-order chi connectivity index (χ1) is 12.3. The van der Waals surface area contributed by atoms with Crippen LogP contribution in [0.4, 0.5) is 27.6 Å². The molecule has 1 aromatic carbocycles. The third-order valence-corrected chi connectivity index (χ3v) is 6.65. The maximum atomic E-state index is 12.6. The van der Waals surface area contributed by atoms with Gasteiger partial charge in [-0.3, -0.25) is 9.52 Å². The number of benzene rings is 1. The summed E-state index contributed by atoms with van der Waals surface area (Å²) in [7, 11) is -10.7. The fourth-order valence-corrected chi connectivity index (χ4v) is 4.18. The summed E-state index contributed by atoms with van der Waals surface area (Å²) in [5, 5.41) is -1.95. The van der Waals surface area contributed by atoms with Crippen LogP contribution in [-0.4, -0.2) is 50.7 Å². The molecule has 1 N–H and O–H groups in total. The first-order valence-electron chi connectivity index (χ1n) is 7.24. The van der Waals surface area contributed by atoms with Crippen molar-refractivity contribution in [2.24, 2.45) is 0 Å². The Bertz CT molecular complexity index is 931. The topological polar surface area (TPSA) is 101 Å². The van der Waals surface area contributed by atoms with Crippen LogP contribution in [-0.2, 0) is 31.2 Å². The number of sulfonamides is 1. The summed E-state index contributed by atoms with van der Waals surface area (Å²) in [4.78, 5) is 13.0. The maximum absolute atomic E-state index is 12.6. The predicted octanol–water partition coefficient (Wildman–Crippen LogP) is 1.69. The van der Waals surface area contributed by atoms with Crippen molar-refractivity contribution in [3.05, 3.63) is 29.8 Å². The van der Waals surface area contributed by atoms with E-state index in [1.165, 1.54) is 22.9 Å². The van der Waals surface area contributed by atoms with Crippen molar-refractivity contribution in [1.29, 1.82) is 0 Å². The second kappa shape index (κ2) is 7.22. The van der Waals surface area contributed by atoms with Crippen molar-refractivity contribution in [2.45, 2.75) is 29.5 Å². The van der Waals surface area contributed by atoms with Gasteiger partial charge < -0.3 is 4.90 Å². The molecule has 152 valence electrons. The highest BCUT2D eigenvalue weighted by Crippen LogP contribution is 2.29. The highest BCUT2D eigenvalue weighted by atomic mass is 32.2. The van der Waals surface area contributed by atoms with Crippen LogP contribution in [0.2, 0.25) is 0 Å². The zero-order chi connectivity index (χ0) is 20.6. The van der Waals surface area contributed by atoms with Crippen LogP contribution in [0.25, 0.3) is 0 Å². The van der Waals surface area contributed by atoms with E-state index in [1.54, 1.807) is 0 Å². The number of nitrogens with zero attached hydrogens (tertiary/aromatic N) is 1. The highest BCUT2D eigenvalue weighted by Gasteiger charge is 2.47. The number of rotatable bonds is 6. The summed E-state index contributed by atoms with van der Waals surface area (Å²) in [6.45, 7) is -0.680. The van der Waals surface area contributed by atoms with Gasteiger partial charge in [-0.2, -0.15) is 30.4 Å². The van der Waals surface area contributed by atoms with Gasteiger partial charge in [0.05, 0.1) is 5.69 Å². The van der Waals surface area contributed by atoms with Crippen LogP contribution in [0.3, 0.4) is 0 Å². The molecule has 1 atom stereocenters. The molecule has 1 aromatic rings. The molecule has 1 aliphatic heterocycles. The number of alkyl halides is 5. The first kappa shape index (κ1) is 21.3. The Morgan fingerprint density at radius 2 is 1.74 bits per heavy atom. The van der Waals surface area contributed by atoms with Crippen LogP contribution in [0, 0.1) is 0 Å². The number of para-hydroxylation sites is 1. The molecule has 1 heterocycles. The summed E-state index contributed by atoms with van der Waals surface area (Å²) < 4.78 is 110. The number of hydrogen-bond acceptors (Lipinski definition) is 5. The number of anilines is 1. The van der Waals surface area contributed by atoms with E-state index in [9.17, 15) is 43.6 Å². The van der Waals surface area contributed by atoms with Crippen molar-refractivity contribution in [1.82, 2.24) is 4.90 Å². The summed E-state index contributed by atoms with van der Waals surface area (Å²) in [5.74, 6) is -4.86. The van der Waals surface area contributed by atoms with Gasteiger partial charge in [0, 0.05) is 13.1 Å². The van der Waals surface area contributed by atoms with E-state index in [2.05, 4.69) is 0 Å². The Hall–Kier alpha value is -1.96. The molecule has 0 bridgehead atoms. The highest BCUT2D eigenvalue weighted by molar-refractivity contribution is 7.93. The molecule has 0 radical (unpaired) electrons. The molecule has 1 amide bonds. The minimum Gasteiger partial charge on any atom is -0.337 e. The fraction of sp³-hybridized carbons (Fsp3) is 0.462. The van der Waals surface area contributed by atoms with E-state index in [4.69, 9.17) is 0 Å². The van der Waals surface area contributed by atoms with Gasteiger partial charge in [0.15, 0.2) is 0 Å². The lowest BCUT2D eigenvalue weighted by Crippen LogP contribution is -2.36. The van der Waals surface area contributed by atoms with Crippen LogP contribution < -0.4 is 4.72 Å². The number of carbonyl (C=O) groups excluding carboxylic acids is 1. The Kier molecular flexibility index (Phi) is 5.71. The molecular weight excluding hydrogens is 423 g/mol. The van der Waals surface area contributed by atoms with Gasteiger partial charge >= 0.3 is 21.3 Å². The fourth-order valence-electron chi connectivity index (χ4n) is 2.46. The third-order valence-electron chi connectivity index (χ3n) is 3.82. The molecule has 7 nitrogen and oxygen atoms in total. The molecule has 27 heavy (non-hydrogen) atoms. The van der Waals surface area contributed by atoms with Crippen molar-refractivity contribution >= 4 is 31.5 Å². The molecular formula is C13H13F5N2O5S2. The summed E-state index contributed by atoms with van der Waals surface area (Å²) in [5.41, 5.74) is -6.10. The SMILES string of the molecule is O=C1C(S(=O)(=O)C(F)F)CCN1Cc1ccccc1NS(=O)(=O)C(F)(F)F. The van der Waals surface area contributed by atoms with E-state index < -0.39 is 60.9 Å². The van der Waals surface area contributed by atoms with E-state index >= 15 is 0 Å². The lowest BCUT2D eigenvalue weighted by Gasteiger charge is -2.20. The molecule has 1 fully saturated rings. The smallest absolute Gasteiger partial charge is 0.337 e. The molecule has 14 heteroatoms. The molecule has 2 rings (SSSR count). The van der Waals surface area contributed by atoms with E-state index in [-0.39, 0.29) is 12.1 Å². The van der Waals surface area contributed by atoms with Gasteiger partial charge in [0.1, 0.15) is 5.25 Å². The van der Waals surface area contributed by atoms with Crippen LogP contribution in [0.15, 0.2) is 24.3 Å². The Balaban J connectivity index is 2.24. The van der Waals surface area contributed by atoms with Crippen molar-refractivity contribution in [2.75, 3.05) is 11.3 Å². The normalized spacial score (nSPS) is 19.0. The molecule has 0 spiro atoms. The van der Waals surface area contributed by atoms with Gasteiger partial charge in [-0.15, -0.1) is 0 Å². The van der Waals surface area contributed by atoms with Gasteiger partial charge in [-0.1, -0.05) is 18.2 Å². The quantitative estimate of drug-likeness (QED) is 0.684. The zero-order valence-electron chi connectivity index (χ0n) is 13.3.